The summed E-state index contributed by atoms with van der Waals surface area (Å²) in [5, 5.41) is 3.23. The molecular formula is C18H29ClN2O2. The Bertz CT molecular complexity index is 514. The van der Waals surface area contributed by atoms with Crippen LogP contribution in [0.5, 0.6) is 0 Å². The van der Waals surface area contributed by atoms with Gasteiger partial charge in [-0.15, -0.1) is 12.4 Å². The summed E-state index contributed by atoms with van der Waals surface area (Å²) in [5.41, 5.74) is 7.35. The molecule has 1 aromatic rings. The average molecular weight is 341 g/mol. The van der Waals surface area contributed by atoms with Crippen molar-refractivity contribution in [2.75, 3.05) is 7.11 Å². The number of amides is 1. The lowest BCUT2D eigenvalue weighted by Gasteiger charge is -2.59. The molecule has 0 radical (unpaired) electrons. The van der Waals surface area contributed by atoms with E-state index in [4.69, 9.17) is 10.5 Å². The Morgan fingerprint density at radius 1 is 1.26 bits per heavy atom. The van der Waals surface area contributed by atoms with Gasteiger partial charge in [0, 0.05) is 36.6 Å². The van der Waals surface area contributed by atoms with E-state index < -0.39 is 0 Å². The second-order valence-electron chi connectivity index (χ2n) is 6.31. The third-order valence-corrected chi connectivity index (χ3v) is 5.50. The number of hydrogen-bond donors (Lipinski definition) is 2. The van der Waals surface area contributed by atoms with Crippen LogP contribution in [0.2, 0.25) is 0 Å². The van der Waals surface area contributed by atoms with E-state index in [0.29, 0.717) is 18.0 Å². The summed E-state index contributed by atoms with van der Waals surface area (Å²) < 4.78 is 5.68. The molecule has 5 heteroatoms. The minimum absolute atomic E-state index is 0. The van der Waals surface area contributed by atoms with Crippen LogP contribution in [0, 0.1) is 11.3 Å². The van der Waals surface area contributed by atoms with Crippen molar-refractivity contribution in [2.24, 2.45) is 17.1 Å². The smallest absolute Gasteiger partial charge is 0.251 e. The molecule has 3 atom stereocenters. The zero-order chi connectivity index (χ0) is 16.3. The third kappa shape index (κ3) is 3.39. The van der Waals surface area contributed by atoms with Crippen LogP contribution in [0.1, 0.15) is 49.5 Å². The Hall–Kier alpha value is -1.10. The number of ether oxygens (including phenoxy) is 1. The summed E-state index contributed by atoms with van der Waals surface area (Å²) in [5.74, 6) is 0.318. The predicted octanol–water partition coefficient (Wildman–Crippen LogP) is 3.14. The Balaban J connectivity index is 0.00000264. The van der Waals surface area contributed by atoms with Crippen LogP contribution < -0.4 is 11.1 Å². The van der Waals surface area contributed by atoms with E-state index in [2.05, 4.69) is 26.1 Å². The molecule has 0 aromatic heterocycles. The lowest BCUT2D eigenvalue weighted by atomic mass is 9.53. The Kier molecular flexibility index (Phi) is 7.05. The van der Waals surface area contributed by atoms with Crippen LogP contribution in [0.15, 0.2) is 24.3 Å². The number of methoxy groups -OCH3 is 1. The molecule has 2 rings (SSSR count). The molecule has 0 saturated heterocycles. The quantitative estimate of drug-likeness (QED) is 0.836. The highest BCUT2D eigenvalue weighted by atomic mass is 35.5. The second-order valence-corrected chi connectivity index (χ2v) is 6.31. The summed E-state index contributed by atoms with van der Waals surface area (Å²) in [4.78, 5) is 12.5. The third-order valence-electron chi connectivity index (χ3n) is 5.50. The van der Waals surface area contributed by atoms with E-state index in [-0.39, 0.29) is 35.9 Å². The van der Waals surface area contributed by atoms with Crippen molar-refractivity contribution in [3.05, 3.63) is 35.4 Å². The summed E-state index contributed by atoms with van der Waals surface area (Å²) in [6.45, 7) is 7.00. The SMILES string of the molecule is CCC1(CC)C(NC(=O)c2ccc(CN)cc2)C(C)C1OC.Cl. The van der Waals surface area contributed by atoms with Gasteiger partial charge in [0.2, 0.25) is 0 Å². The van der Waals surface area contributed by atoms with E-state index >= 15 is 0 Å². The van der Waals surface area contributed by atoms with Gasteiger partial charge in [-0.05, 0) is 30.5 Å². The van der Waals surface area contributed by atoms with Gasteiger partial charge in [0.1, 0.15) is 0 Å². The van der Waals surface area contributed by atoms with Gasteiger partial charge in [0.25, 0.3) is 5.91 Å². The number of nitrogens with one attached hydrogen (secondary N) is 1. The molecule has 23 heavy (non-hydrogen) atoms. The van der Waals surface area contributed by atoms with Gasteiger partial charge < -0.3 is 15.8 Å². The molecule has 1 saturated carbocycles. The molecule has 0 bridgehead atoms. The standard InChI is InChI=1S/C18H28N2O2.ClH/c1-5-18(6-2)15(12(3)16(18)22-4)20-17(21)14-9-7-13(11-19)8-10-14;/h7-10,12,15-16H,5-6,11,19H2,1-4H3,(H,20,21);1H. The van der Waals surface area contributed by atoms with Crippen molar-refractivity contribution < 1.29 is 9.53 Å². The van der Waals surface area contributed by atoms with Gasteiger partial charge in [-0.3, -0.25) is 4.79 Å². The number of hydrogen-bond acceptors (Lipinski definition) is 3. The van der Waals surface area contributed by atoms with Crippen LogP contribution in [0.25, 0.3) is 0 Å². The highest BCUT2D eigenvalue weighted by Crippen LogP contribution is 2.52. The van der Waals surface area contributed by atoms with Crippen LogP contribution >= 0.6 is 12.4 Å². The van der Waals surface area contributed by atoms with Gasteiger partial charge in [0.15, 0.2) is 0 Å². The lowest BCUT2D eigenvalue weighted by Crippen LogP contribution is -2.69. The molecule has 1 aliphatic rings. The molecule has 3 unspecified atom stereocenters. The average Bonchev–Trinajstić information content (AvgIpc) is 2.56. The van der Waals surface area contributed by atoms with Crippen LogP contribution in [-0.4, -0.2) is 25.2 Å². The second kappa shape index (κ2) is 8.13. The van der Waals surface area contributed by atoms with Gasteiger partial charge in [-0.2, -0.15) is 0 Å². The van der Waals surface area contributed by atoms with Gasteiger partial charge >= 0.3 is 0 Å². The number of carbonyl (C=O) groups excluding carboxylic acids is 1. The summed E-state index contributed by atoms with van der Waals surface area (Å²) in [7, 11) is 1.77. The van der Waals surface area contributed by atoms with Crippen LogP contribution in [0.4, 0.5) is 0 Å². The van der Waals surface area contributed by atoms with Gasteiger partial charge in [-0.1, -0.05) is 32.9 Å². The highest BCUT2D eigenvalue weighted by Gasteiger charge is 2.58. The van der Waals surface area contributed by atoms with Crippen molar-refractivity contribution in [2.45, 2.75) is 52.3 Å². The highest BCUT2D eigenvalue weighted by molar-refractivity contribution is 5.94. The number of halogens is 1. The molecule has 0 aliphatic heterocycles. The molecule has 1 amide bonds. The maximum Gasteiger partial charge on any atom is 0.251 e. The zero-order valence-corrected chi connectivity index (χ0v) is 15.3. The van der Waals surface area contributed by atoms with E-state index in [0.717, 1.165) is 18.4 Å². The first-order valence-electron chi connectivity index (χ1n) is 8.16. The first kappa shape index (κ1) is 19.9. The van der Waals surface area contributed by atoms with Crippen molar-refractivity contribution in [1.82, 2.24) is 5.32 Å². The molecule has 1 fully saturated rings. The molecule has 1 aromatic carbocycles. The Morgan fingerprint density at radius 2 is 1.83 bits per heavy atom. The number of carbonyl (C=O) groups is 1. The molecule has 4 nitrogen and oxygen atoms in total. The lowest BCUT2D eigenvalue weighted by molar-refractivity contribution is -0.164. The van der Waals surface area contributed by atoms with Crippen LogP contribution in [0.3, 0.4) is 0 Å². The largest absolute Gasteiger partial charge is 0.380 e. The van der Waals surface area contributed by atoms with Crippen molar-refractivity contribution in [3.63, 3.8) is 0 Å². The van der Waals surface area contributed by atoms with Gasteiger partial charge in [-0.25, -0.2) is 0 Å². The number of nitrogens with two attached hydrogens (primary N) is 1. The topological polar surface area (TPSA) is 64.4 Å². The van der Waals surface area contributed by atoms with Gasteiger partial charge in [0.05, 0.1) is 6.10 Å². The molecule has 130 valence electrons. The minimum Gasteiger partial charge on any atom is -0.380 e. The van der Waals surface area contributed by atoms with Crippen LogP contribution in [-0.2, 0) is 11.3 Å². The zero-order valence-electron chi connectivity index (χ0n) is 14.5. The first-order valence-corrected chi connectivity index (χ1v) is 8.16. The van der Waals surface area contributed by atoms with E-state index in [1.54, 1.807) is 7.11 Å². The van der Waals surface area contributed by atoms with E-state index in [1.165, 1.54) is 0 Å². The first-order chi connectivity index (χ1) is 10.5. The fourth-order valence-corrected chi connectivity index (χ4v) is 4.11. The molecule has 1 aliphatic carbocycles. The van der Waals surface area contributed by atoms with Crippen molar-refractivity contribution in [1.29, 1.82) is 0 Å². The van der Waals surface area contributed by atoms with Crippen molar-refractivity contribution in [3.8, 4) is 0 Å². The molecule has 3 N–H and O–H groups in total. The predicted molar refractivity (Wildman–Crippen MR) is 95.8 cm³/mol. The summed E-state index contributed by atoms with van der Waals surface area (Å²) in [6.07, 6.45) is 2.22. The van der Waals surface area contributed by atoms with Crippen molar-refractivity contribution >= 4 is 18.3 Å². The summed E-state index contributed by atoms with van der Waals surface area (Å²) >= 11 is 0. The number of benzene rings is 1. The maximum atomic E-state index is 12.5. The molecule has 0 heterocycles. The summed E-state index contributed by atoms with van der Waals surface area (Å²) in [6, 6.07) is 7.66. The number of rotatable bonds is 6. The van der Waals surface area contributed by atoms with E-state index in [1.807, 2.05) is 24.3 Å². The normalized spacial score (nSPS) is 25.2. The fourth-order valence-electron chi connectivity index (χ4n) is 4.11. The maximum absolute atomic E-state index is 12.5. The fraction of sp³-hybridized carbons (Fsp3) is 0.611. The van der Waals surface area contributed by atoms with E-state index in [9.17, 15) is 4.79 Å². The minimum atomic E-state index is -0.0127. The Morgan fingerprint density at radius 3 is 2.26 bits per heavy atom. The Labute approximate surface area is 145 Å². The monoisotopic (exact) mass is 340 g/mol. The molecule has 0 spiro atoms. The molecular weight excluding hydrogens is 312 g/mol.